The summed E-state index contributed by atoms with van der Waals surface area (Å²) in [6, 6.07) is 14.8. The highest BCUT2D eigenvalue weighted by molar-refractivity contribution is 6.10. The van der Waals surface area contributed by atoms with E-state index in [0.717, 1.165) is 16.9 Å². The Hall–Kier alpha value is -3.38. The average molecular weight is 290 g/mol. The number of benzene rings is 1. The molecule has 6 nitrogen and oxygen atoms in total. The summed E-state index contributed by atoms with van der Waals surface area (Å²) in [6.45, 7) is 0. The monoisotopic (exact) mass is 290 g/mol. The number of hydrogen-bond acceptors (Lipinski definition) is 6. The first-order valence-corrected chi connectivity index (χ1v) is 6.51. The Labute approximate surface area is 128 Å². The molecule has 1 N–H and O–H groups in total. The van der Waals surface area contributed by atoms with Gasteiger partial charge in [0, 0.05) is 25.9 Å². The summed E-state index contributed by atoms with van der Waals surface area (Å²) in [5.74, 6) is 0.900. The predicted octanol–water partition coefficient (Wildman–Crippen LogP) is 2.63. The number of hydrazone groups is 1. The van der Waals surface area contributed by atoms with E-state index in [-0.39, 0.29) is 5.71 Å². The fourth-order valence-electron chi connectivity index (χ4n) is 1.75. The normalized spacial score (nSPS) is 9.27. The van der Waals surface area contributed by atoms with Crippen molar-refractivity contribution < 1.29 is 0 Å². The first-order chi connectivity index (χ1) is 10.6. The molecule has 0 radical (unpaired) electrons. The second-order valence-electron chi connectivity index (χ2n) is 4.67. The zero-order valence-electron chi connectivity index (χ0n) is 12.3. The van der Waals surface area contributed by atoms with E-state index >= 15 is 0 Å². The predicted molar refractivity (Wildman–Crippen MR) is 86.3 cm³/mol. The lowest BCUT2D eigenvalue weighted by atomic mass is 10.1. The summed E-state index contributed by atoms with van der Waals surface area (Å²) in [7, 11) is 3.89. The molecule has 0 saturated heterocycles. The molecule has 0 bridgehead atoms. The van der Waals surface area contributed by atoms with Crippen molar-refractivity contribution in [3.05, 3.63) is 42.6 Å². The molecule has 0 spiro atoms. The van der Waals surface area contributed by atoms with Crippen LogP contribution in [-0.4, -0.2) is 24.8 Å². The van der Waals surface area contributed by atoms with Crippen LogP contribution in [0.2, 0.25) is 0 Å². The van der Waals surface area contributed by atoms with Crippen molar-refractivity contribution in [1.82, 2.24) is 4.98 Å². The van der Waals surface area contributed by atoms with Crippen LogP contribution in [-0.2, 0) is 0 Å². The molecule has 0 atom stereocenters. The maximum absolute atomic E-state index is 8.60. The molecule has 0 amide bonds. The third-order valence-corrected chi connectivity index (χ3v) is 2.93. The fourth-order valence-corrected chi connectivity index (χ4v) is 1.75. The highest BCUT2D eigenvalue weighted by atomic mass is 15.3. The largest absolute Gasteiger partial charge is 0.363 e. The van der Waals surface area contributed by atoms with Gasteiger partial charge < -0.3 is 4.90 Å². The van der Waals surface area contributed by atoms with E-state index in [2.05, 4.69) is 15.5 Å². The van der Waals surface area contributed by atoms with Crippen LogP contribution in [0.25, 0.3) is 11.1 Å². The van der Waals surface area contributed by atoms with Gasteiger partial charge >= 0.3 is 0 Å². The molecule has 1 heterocycles. The van der Waals surface area contributed by atoms with Crippen LogP contribution in [0.3, 0.4) is 0 Å². The van der Waals surface area contributed by atoms with Gasteiger partial charge in [0.1, 0.15) is 18.0 Å². The van der Waals surface area contributed by atoms with Gasteiger partial charge in [-0.1, -0.05) is 12.1 Å². The van der Waals surface area contributed by atoms with Crippen molar-refractivity contribution in [2.75, 3.05) is 24.4 Å². The van der Waals surface area contributed by atoms with E-state index in [9.17, 15) is 0 Å². The number of nitrogens with one attached hydrogen (secondary N) is 1. The number of anilines is 2. The van der Waals surface area contributed by atoms with Gasteiger partial charge in [0.15, 0.2) is 0 Å². The lowest BCUT2D eigenvalue weighted by molar-refractivity contribution is 1.07. The molecule has 22 heavy (non-hydrogen) atoms. The van der Waals surface area contributed by atoms with Gasteiger partial charge in [0.25, 0.3) is 0 Å². The molecular formula is C16H14N6. The van der Waals surface area contributed by atoms with E-state index in [0.29, 0.717) is 5.69 Å². The second kappa shape index (κ2) is 6.87. The first-order valence-electron chi connectivity index (χ1n) is 6.51. The quantitative estimate of drug-likeness (QED) is 0.690. The third-order valence-electron chi connectivity index (χ3n) is 2.93. The molecule has 0 fully saturated rings. The average Bonchev–Trinajstić information content (AvgIpc) is 2.56. The summed E-state index contributed by atoms with van der Waals surface area (Å²) in [5, 5.41) is 20.9. The zero-order valence-corrected chi connectivity index (χ0v) is 12.3. The van der Waals surface area contributed by atoms with Gasteiger partial charge in [0.2, 0.25) is 5.71 Å². The standard InChI is InChI=1S/C16H14N6/c1-22(2)16-8-5-13(11-19-16)12-3-6-14(7-4-12)20-21-15(9-17)10-18/h3-8,11,20H,1-2H3. The highest BCUT2D eigenvalue weighted by Crippen LogP contribution is 2.22. The van der Waals surface area contributed by atoms with Crippen LogP contribution in [0.4, 0.5) is 11.5 Å². The number of nitriles is 2. The SMILES string of the molecule is CN(C)c1ccc(-c2ccc(NN=C(C#N)C#N)cc2)cn1. The van der Waals surface area contributed by atoms with Crippen LogP contribution in [0.1, 0.15) is 0 Å². The Balaban J connectivity index is 2.14. The minimum atomic E-state index is -0.215. The summed E-state index contributed by atoms with van der Waals surface area (Å²) in [4.78, 5) is 6.32. The van der Waals surface area contributed by atoms with Crippen molar-refractivity contribution in [1.29, 1.82) is 10.5 Å². The molecule has 0 unspecified atom stereocenters. The Morgan fingerprint density at radius 1 is 1.05 bits per heavy atom. The lowest BCUT2D eigenvalue weighted by Crippen LogP contribution is -2.09. The molecule has 0 aliphatic carbocycles. The molecule has 1 aromatic carbocycles. The lowest BCUT2D eigenvalue weighted by Gasteiger charge is -2.11. The van der Waals surface area contributed by atoms with Crippen LogP contribution in [0.15, 0.2) is 47.7 Å². The molecule has 0 saturated carbocycles. The number of pyridine rings is 1. The minimum absolute atomic E-state index is 0.215. The Morgan fingerprint density at radius 3 is 2.18 bits per heavy atom. The number of hydrogen-bond donors (Lipinski definition) is 1. The fraction of sp³-hybridized carbons (Fsp3) is 0.125. The molecule has 2 aromatic rings. The first kappa shape index (κ1) is 15.0. The minimum Gasteiger partial charge on any atom is -0.363 e. The Bertz CT molecular complexity index is 729. The van der Waals surface area contributed by atoms with E-state index < -0.39 is 0 Å². The van der Waals surface area contributed by atoms with Gasteiger partial charge in [0.05, 0.1) is 5.69 Å². The Morgan fingerprint density at radius 2 is 1.68 bits per heavy atom. The van der Waals surface area contributed by atoms with Gasteiger partial charge in [-0.15, -0.1) is 0 Å². The van der Waals surface area contributed by atoms with E-state index in [1.54, 1.807) is 12.1 Å². The number of rotatable bonds is 4. The maximum atomic E-state index is 8.60. The van der Waals surface area contributed by atoms with Crippen molar-refractivity contribution >= 4 is 17.2 Å². The maximum Gasteiger partial charge on any atom is 0.237 e. The summed E-state index contributed by atoms with van der Waals surface area (Å²) in [5.41, 5.74) is 5.18. The topological polar surface area (TPSA) is 88.1 Å². The number of aromatic nitrogens is 1. The summed E-state index contributed by atoms with van der Waals surface area (Å²) < 4.78 is 0. The molecule has 0 aliphatic heterocycles. The van der Waals surface area contributed by atoms with Gasteiger partial charge in [-0.25, -0.2) is 4.98 Å². The van der Waals surface area contributed by atoms with Crippen molar-refractivity contribution in [2.24, 2.45) is 5.10 Å². The smallest absolute Gasteiger partial charge is 0.237 e. The van der Waals surface area contributed by atoms with E-state index in [4.69, 9.17) is 10.5 Å². The molecular weight excluding hydrogens is 276 g/mol. The van der Waals surface area contributed by atoms with Crippen LogP contribution >= 0.6 is 0 Å². The van der Waals surface area contributed by atoms with Crippen LogP contribution < -0.4 is 10.3 Å². The third kappa shape index (κ3) is 3.59. The molecule has 6 heteroatoms. The van der Waals surface area contributed by atoms with Gasteiger partial charge in [-0.3, -0.25) is 5.43 Å². The second-order valence-corrected chi connectivity index (χ2v) is 4.67. The number of nitrogens with zero attached hydrogens (tertiary/aromatic N) is 5. The van der Waals surface area contributed by atoms with Gasteiger partial charge in [-0.05, 0) is 29.8 Å². The van der Waals surface area contributed by atoms with Crippen molar-refractivity contribution in [3.63, 3.8) is 0 Å². The highest BCUT2D eigenvalue weighted by Gasteiger charge is 2.01. The van der Waals surface area contributed by atoms with Crippen LogP contribution in [0, 0.1) is 22.7 Å². The summed E-state index contributed by atoms with van der Waals surface area (Å²) in [6.07, 6.45) is 1.82. The summed E-state index contributed by atoms with van der Waals surface area (Å²) >= 11 is 0. The van der Waals surface area contributed by atoms with E-state index in [1.807, 2.05) is 61.6 Å². The molecule has 0 aliphatic rings. The van der Waals surface area contributed by atoms with Crippen molar-refractivity contribution in [3.8, 4) is 23.3 Å². The van der Waals surface area contributed by atoms with E-state index in [1.165, 1.54) is 0 Å². The molecule has 108 valence electrons. The molecule has 1 aromatic heterocycles. The molecule has 2 rings (SSSR count). The Kier molecular flexibility index (Phi) is 4.69. The zero-order chi connectivity index (χ0) is 15.9. The van der Waals surface area contributed by atoms with Crippen LogP contribution in [0.5, 0.6) is 0 Å². The van der Waals surface area contributed by atoms with Gasteiger partial charge in [-0.2, -0.15) is 15.6 Å². The van der Waals surface area contributed by atoms with Crippen molar-refractivity contribution in [2.45, 2.75) is 0 Å².